The van der Waals surface area contributed by atoms with E-state index in [-0.39, 0.29) is 18.6 Å². The molecule has 0 aliphatic carbocycles. The molecule has 1 unspecified atom stereocenters. The Morgan fingerprint density at radius 2 is 2.10 bits per heavy atom. The number of hydrogen-bond donors (Lipinski definition) is 2. The molecule has 0 heterocycles. The molecule has 3 N–H and O–H groups in total. The van der Waals surface area contributed by atoms with E-state index in [1.807, 2.05) is 25.1 Å². The van der Waals surface area contributed by atoms with Gasteiger partial charge in [-0.15, -0.1) is 0 Å². The number of benzene rings is 1. The Bertz CT molecular complexity index is 435. The van der Waals surface area contributed by atoms with Crippen LogP contribution in [0.3, 0.4) is 0 Å². The monoisotopic (exact) mass is 280 g/mol. The van der Waals surface area contributed by atoms with Gasteiger partial charge < -0.3 is 20.5 Å². The second-order valence-corrected chi connectivity index (χ2v) is 4.60. The normalized spacial score (nSPS) is 11.8. The minimum atomic E-state index is -0.147. The van der Waals surface area contributed by atoms with Crippen molar-refractivity contribution < 1.29 is 14.3 Å². The molecule has 1 atom stereocenters. The number of hydrogen-bond acceptors (Lipinski definition) is 4. The Kier molecular flexibility index (Phi) is 6.87. The molecule has 1 rings (SSSR count). The molecule has 0 aliphatic heterocycles. The summed E-state index contributed by atoms with van der Waals surface area (Å²) < 4.78 is 10.8. The molecular formula is C15H24N2O3. The van der Waals surface area contributed by atoms with Crippen LogP contribution in [0.5, 0.6) is 11.5 Å². The molecule has 0 spiro atoms. The first-order valence-electron chi connectivity index (χ1n) is 6.92. The molecule has 0 aliphatic rings. The first kappa shape index (κ1) is 16.3. The zero-order valence-corrected chi connectivity index (χ0v) is 12.4. The molecule has 0 radical (unpaired) electrons. The Balaban J connectivity index is 2.70. The van der Waals surface area contributed by atoms with Crippen LogP contribution in [0.1, 0.15) is 25.8 Å². The summed E-state index contributed by atoms with van der Waals surface area (Å²) in [6.07, 6.45) is 1.72. The second kappa shape index (κ2) is 8.43. The van der Waals surface area contributed by atoms with Gasteiger partial charge in [0.15, 0.2) is 18.1 Å². The van der Waals surface area contributed by atoms with Crippen molar-refractivity contribution in [2.75, 3.05) is 20.3 Å². The van der Waals surface area contributed by atoms with Crippen molar-refractivity contribution >= 4 is 5.91 Å². The van der Waals surface area contributed by atoms with Crippen LogP contribution in [-0.4, -0.2) is 32.2 Å². The maximum absolute atomic E-state index is 11.4. The summed E-state index contributed by atoms with van der Waals surface area (Å²) in [4.78, 5) is 11.4. The molecule has 112 valence electrons. The third-order valence-electron chi connectivity index (χ3n) is 2.98. The van der Waals surface area contributed by atoms with Crippen LogP contribution >= 0.6 is 0 Å². The topological polar surface area (TPSA) is 73.6 Å². The van der Waals surface area contributed by atoms with Crippen LogP contribution < -0.4 is 20.5 Å². The van der Waals surface area contributed by atoms with Crippen molar-refractivity contribution in [3.63, 3.8) is 0 Å². The fourth-order valence-electron chi connectivity index (χ4n) is 1.80. The third kappa shape index (κ3) is 5.09. The van der Waals surface area contributed by atoms with Crippen LogP contribution in [0.2, 0.25) is 0 Å². The Morgan fingerprint density at radius 3 is 2.70 bits per heavy atom. The van der Waals surface area contributed by atoms with Gasteiger partial charge in [-0.05, 0) is 37.5 Å². The van der Waals surface area contributed by atoms with Gasteiger partial charge in [0, 0.05) is 12.6 Å². The summed E-state index contributed by atoms with van der Waals surface area (Å²) in [7, 11) is 1.58. The van der Waals surface area contributed by atoms with Gasteiger partial charge in [-0.25, -0.2) is 0 Å². The summed E-state index contributed by atoms with van der Waals surface area (Å²) in [5, 5.41) is 2.68. The maximum atomic E-state index is 11.4. The van der Waals surface area contributed by atoms with Crippen molar-refractivity contribution in [1.29, 1.82) is 0 Å². The standard InChI is InChI=1S/C15H24N2O3/c1-4-12(16)8-11-6-7-13(14(9-11)19-3)20-10-15(18)17-5-2/h6-7,9,12H,4-5,8,10,16H2,1-3H3,(H,17,18). The van der Waals surface area contributed by atoms with Gasteiger partial charge in [0.1, 0.15) is 0 Å². The predicted molar refractivity (Wildman–Crippen MR) is 79.1 cm³/mol. The largest absolute Gasteiger partial charge is 0.493 e. The fourth-order valence-corrected chi connectivity index (χ4v) is 1.80. The van der Waals surface area contributed by atoms with Gasteiger partial charge in [0.2, 0.25) is 0 Å². The first-order valence-corrected chi connectivity index (χ1v) is 6.92. The number of ether oxygens (including phenoxy) is 2. The molecule has 5 heteroatoms. The van der Waals surface area contributed by atoms with Crippen LogP contribution in [0.25, 0.3) is 0 Å². The van der Waals surface area contributed by atoms with E-state index >= 15 is 0 Å². The van der Waals surface area contributed by atoms with E-state index in [4.69, 9.17) is 15.2 Å². The van der Waals surface area contributed by atoms with Gasteiger partial charge in [0.05, 0.1) is 7.11 Å². The molecule has 0 aromatic heterocycles. The minimum absolute atomic E-state index is 0.0159. The van der Waals surface area contributed by atoms with Crippen LogP contribution in [0.4, 0.5) is 0 Å². The lowest BCUT2D eigenvalue weighted by Crippen LogP contribution is -2.28. The molecule has 1 aromatic carbocycles. The molecule has 0 saturated carbocycles. The smallest absolute Gasteiger partial charge is 0.257 e. The van der Waals surface area contributed by atoms with Crippen LogP contribution in [-0.2, 0) is 11.2 Å². The number of nitrogens with one attached hydrogen (secondary N) is 1. The fraction of sp³-hybridized carbons (Fsp3) is 0.533. The van der Waals surface area contributed by atoms with Crippen LogP contribution in [0, 0.1) is 0 Å². The summed E-state index contributed by atoms with van der Waals surface area (Å²) in [5.74, 6) is 1.04. The van der Waals surface area contributed by atoms with Gasteiger partial charge >= 0.3 is 0 Å². The number of likely N-dealkylation sites (N-methyl/N-ethyl adjacent to an activating group) is 1. The highest BCUT2D eigenvalue weighted by atomic mass is 16.5. The number of rotatable bonds is 8. The van der Waals surface area contributed by atoms with E-state index in [0.717, 1.165) is 18.4 Å². The number of nitrogens with two attached hydrogens (primary N) is 1. The third-order valence-corrected chi connectivity index (χ3v) is 2.98. The van der Waals surface area contributed by atoms with Gasteiger partial charge in [-0.3, -0.25) is 4.79 Å². The summed E-state index contributed by atoms with van der Waals surface area (Å²) in [6.45, 7) is 4.50. The lowest BCUT2D eigenvalue weighted by Gasteiger charge is -2.13. The molecular weight excluding hydrogens is 256 g/mol. The van der Waals surface area contributed by atoms with E-state index < -0.39 is 0 Å². The Morgan fingerprint density at radius 1 is 1.35 bits per heavy atom. The SMILES string of the molecule is CCNC(=O)COc1ccc(CC(N)CC)cc1OC. The zero-order chi connectivity index (χ0) is 15.0. The van der Waals surface area contributed by atoms with E-state index in [9.17, 15) is 4.79 Å². The molecule has 0 fully saturated rings. The van der Waals surface area contributed by atoms with Crippen molar-refractivity contribution in [2.45, 2.75) is 32.7 Å². The van der Waals surface area contributed by atoms with Crippen LogP contribution in [0.15, 0.2) is 18.2 Å². The van der Waals surface area contributed by atoms with Gasteiger partial charge in [-0.1, -0.05) is 13.0 Å². The van der Waals surface area contributed by atoms with Gasteiger partial charge in [-0.2, -0.15) is 0 Å². The minimum Gasteiger partial charge on any atom is -0.493 e. The van der Waals surface area contributed by atoms with E-state index in [1.54, 1.807) is 7.11 Å². The molecule has 0 bridgehead atoms. The molecule has 5 nitrogen and oxygen atoms in total. The first-order chi connectivity index (χ1) is 9.60. The average molecular weight is 280 g/mol. The van der Waals surface area contributed by atoms with E-state index in [2.05, 4.69) is 12.2 Å². The lowest BCUT2D eigenvalue weighted by atomic mass is 10.0. The summed E-state index contributed by atoms with van der Waals surface area (Å²) in [6, 6.07) is 5.81. The highest BCUT2D eigenvalue weighted by Crippen LogP contribution is 2.28. The Hall–Kier alpha value is -1.75. The quantitative estimate of drug-likeness (QED) is 0.756. The Labute approximate surface area is 120 Å². The van der Waals surface area contributed by atoms with Gasteiger partial charge in [0.25, 0.3) is 5.91 Å². The second-order valence-electron chi connectivity index (χ2n) is 4.60. The van der Waals surface area contributed by atoms with Crippen molar-refractivity contribution in [3.8, 4) is 11.5 Å². The highest BCUT2D eigenvalue weighted by Gasteiger charge is 2.09. The predicted octanol–water partition coefficient (Wildman–Crippen LogP) is 1.49. The number of methoxy groups -OCH3 is 1. The van der Waals surface area contributed by atoms with Crippen molar-refractivity contribution in [1.82, 2.24) is 5.32 Å². The molecule has 1 aromatic rings. The van der Waals surface area contributed by atoms with E-state index in [1.165, 1.54) is 0 Å². The average Bonchev–Trinajstić information content (AvgIpc) is 2.45. The summed E-state index contributed by atoms with van der Waals surface area (Å²) in [5.41, 5.74) is 7.04. The van der Waals surface area contributed by atoms with E-state index in [0.29, 0.717) is 18.0 Å². The highest BCUT2D eigenvalue weighted by molar-refractivity contribution is 5.77. The number of carbonyl (C=O) groups is 1. The molecule has 0 saturated heterocycles. The lowest BCUT2D eigenvalue weighted by molar-refractivity contribution is -0.123. The maximum Gasteiger partial charge on any atom is 0.257 e. The zero-order valence-electron chi connectivity index (χ0n) is 12.4. The molecule has 20 heavy (non-hydrogen) atoms. The van der Waals surface area contributed by atoms with Crippen molar-refractivity contribution in [3.05, 3.63) is 23.8 Å². The van der Waals surface area contributed by atoms with Crippen molar-refractivity contribution in [2.24, 2.45) is 5.73 Å². The number of carbonyl (C=O) groups excluding carboxylic acids is 1. The number of amides is 1. The summed E-state index contributed by atoms with van der Waals surface area (Å²) >= 11 is 0. The molecule has 1 amide bonds.